The lowest BCUT2D eigenvalue weighted by molar-refractivity contribution is 0.813. The average molecular weight is 279 g/mol. The number of hydrogen-bond donors (Lipinski definition) is 1. The summed E-state index contributed by atoms with van der Waals surface area (Å²) < 4.78 is 5.36. The maximum Gasteiger partial charge on any atom is 0.170 e. The van der Waals surface area contributed by atoms with Crippen molar-refractivity contribution in [3.05, 3.63) is 41.7 Å². The van der Waals surface area contributed by atoms with Crippen LogP contribution in [0.5, 0.6) is 0 Å². The van der Waals surface area contributed by atoms with Crippen LogP contribution in [0.3, 0.4) is 0 Å². The summed E-state index contributed by atoms with van der Waals surface area (Å²) in [7, 11) is 0. The van der Waals surface area contributed by atoms with Crippen molar-refractivity contribution in [2.75, 3.05) is 6.54 Å². The van der Waals surface area contributed by atoms with E-state index in [1.807, 2.05) is 6.07 Å². The lowest BCUT2D eigenvalue weighted by atomic mass is 10.1. The van der Waals surface area contributed by atoms with Gasteiger partial charge in [0.25, 0.3) is 0 Å². The molecule has 0 fully saturated rings. The van der Waals surface area contributed by atoms with E-state index in [0.29, 0.717) is 11.8 Å². The highest BCUT2D eigenvalue weighted by atomic mass is 32.2. The van der Waals surface area contributed by atoms with Gasteiger partial charge in [0.2, 0.25) is 0 Å². The van der Waals surface area contributed by atoms with Crippen molar-refractivity contribution in [3.63, 3.8) is 0 Å². The number of benzene rings is 1. The van der Waals surface area contributed by atoms with Gasteiger partial charge in [0, 0.05) is 11.7 Å². The number of aryl methyl sites for hydroxylation is 1. The molecule has 0 aliphatic heterocycles. The van der Waals surface area contributed by atoms with E-state index < -0.39 is 0 Å². The summed E-state index contributed by atoms with van der Waals surface area (Å²) in [5.74, 6) is 0.932. The Morgan fingerprint density at radius 2 is 2.11 bits per heavy atom. The second kappa shape index (κ2) is 6.87. The predicted octanol–water partition coefficient (Wildman–Crippen LogP) is 3.28. The first-order valence-corrected chi connectivity index (χ1v) is 7.73. The number of rotatable bonds is 6. The molecule has 0 aliphatic rings. The number of thioether (sulfide) groups is 1. The first kappa shape index (κ1) is 13.5. The minimum atomic E-state index is 0.369. The fourth-order valence-corrected chi connectivity index (χ4v) is 3.74. The molecule has 0 amide bonds. The lowest BCUT2D eigenvalue weighted by Gasteiger charge is -2.13. The zero-order chi connectivity index (χ0) is 12.8. The van der Waals surface area contributed by atoms with Crippen LogP contribution in [-0.4, -0.2) is 15.9 Å². The lowest BCUT2D eigenvalue weighted by Crippen LogP contribution is -2.04. The minimum Gasteiger partial charge on any atom is -0.330 e. The van der Waals surface area contributed by atoms with E-state index in [4.69, 9.17) is 5.73 Å². The van der Waals surface area contributed by atoms with E-state index >= 15 is 0 Å². The summed E-state index contributed by atoms with van der Waals surface area (Å²) in [5, 5.41) is 0.369. The van der Waals surface area contributed by atoms with Gasteiger partial charge in [-0.1, -0.05) is 49.0 Å². The SMILES string of the molecule is CCc1nsc(SC(CCN)c2ccccc2)n1. The van der Waals surface area contributed by atoms with Crippen molar-refractivity contribution in [1.29, 1.82) is 0 Å². The Balaban J connectivity index is 2.11. The monoisotopic (exact) mass is 279 g/mol. The standard InChI is InChI=1S/C13H17N3S2/c1-2-12-15-13(18-16-12)17-11(8-9-14)10-6-4-3-5-7-10/h3-7,11H,2,8-9,14H2,1H3. The van der Waals surface area contributed by atoms with Crippen molar-refractivity contribution in [2.45, 2.75) is 29.4 Å². The van der Waals surface area contributed by atoms with Crippen LogP contribution >= 0.6 is 23.3 Å². The van der Waals surface area contributed by atoms with Crippen molar-refractivity contribution in [1.82, 2.24) is 9.36 Å². The molecule has 1 aromatic heterocycles. The highest BCUT2D eigenvalue weighted by Crippen LogP contribution is 2.38. The molecule has 0 saturated heterocycles. The van der Waals surface area contributed by atoms with E-state index in [-0.39, 0.29) is 0 Å². The highest BCUT2D eigenvalue weighted by molar-refractivity contribution is 8.01. The first-order valence-electron chi connectivity index (χ1n) is 6.07. The molecule has 96 valence electrons. The van der Waals surface area contributed by atoms with Gasteiger partial charge < -0.3 is 5.73 Å². The molecule has 2 rings (SSSR count). The number of nitrogens with two attached hydrogens (primary N) is 1. The molecule has 18 heavy (non-hydrogen) atoms. The molecular formula is C13H17N3S2. The Hall–Kier alpha value is -0.910. The van der Waals surface area contributed by atoms with Crippen LogP contribution in [-0.2, 0) is 6.42 Å². The molecule has 0 aliphatic carbocycles. The highest BCUT2D eigenvalue weighted by Gasteiger charge is 2.14. The van der Waals surface area contributed by atoms with E-state index in [1.165, 1.54) is 17.1 Å². The van der Waals surface area contributed by atoms with Crippen LogP contribution in [0, 0.1) is 0 Å². The van der Waals surface area contributed by atoms with Crippen LogP contribution in [0.4, 0.5) is 0 Å². The Labute approximate surface area is 116 Å². The number of aromatic nitrogens is 2. The molecular weight excluding hydrogens is 262 g/mol. The van der Waals surface area contributed by atoms with Gasteiger partial charge in [-0.2, -0.15) is 4.37 Å². The van der Waals surface area contributed by atoms with Crippen molar-refractivity contribution in [3.8, 4) is 0 Å². The Morgan fingerprint density at radius 3 is 2.72 bits per heavy atom. The molecule has 0 radical (unpaired) electrons. The number of hydrogen-bond acceptors (Lipinski definition) is 5. The van der Waals surface area contributed by atoms with Crippen LogP contribution < -0.4 is 5.73 Å². The largest absolute Gasteiger partial charge is 0.330 e. The maximum atomic E-state index is 5.71. The maximum absolute atomic E-state index is 5.71. The summed E-state index contributed by atoms with van der Waals surface area (Å²) in [6, 6.07) is 10.5. The van der Waals surface area contributed by atoms with Crippen LogP contribution in [0.25, 0.3) is 0 Å². The molecule has 3 nitrogen and oxygen atoms in total. The molecule has 0 spiro atoms. The first-order chi connectivity index (χ1) is 8.83. The molecule has 2 N–H and O–H groups in total. The topological polar surface area (TPSA) is 51.8 Å². The van der Waals surface area contributed by atoms with Crippen LogP contribution in [0.1, 0.15) is 30.0 Å². The van der Waals surface area contributed by atoms with Gasteiger partial charge in [0.1, 0.15) is 5.82 Å². The van der Waals surface area contributed by atoms with Gasteiger partial charge in [-0.25, -0.2) is 4.98 Å². The van der Waals surface area contributed by atoms with Crippen molar-refractivity contribution < 1.29 is 0 Å². The molecule has 1 unspecified atom stereocenters. The molecule has 0 saturated carbocycles. The zero-order valence-corrected chi connectivity index (χ0v) is 12.0. The minimum absolute atomic E-state index is 0.369. The summed E-state index contributed by atoms with van der Waals surface area (Å²) in [6.45, 7) is 2.76. The smallest absolute Gasteiger partial charge is 0.170 e. The quantitative estimate of drug-likeness (QED) is 0.824. The zero-order valence-electron chi connectivity index (χ0n) is 10.4. The molecule has 1 atom stereocenters. The van der Waals surface area contributed by atoms with Gasteiger partial charge in [-0.15, -0.1) is 0 Å². The van der Waals surface area contributed by atoms with Crippen LogP contribution in [0.2, 0.25) is 0 Å². The van der Waals surface area contributed by atoms with Gasteiger partial charge in [0.15, 0.2) is 4.34 Å². The molecule has 2 aromatic rings. The Kier molecular flexibility index (Phi) is 5.16. The van der Waals surface area contributed by atoms with E-state index in [2.05, 4.69) is 40.5 Å². The van der Waals surface area contributed by atoms with Gasteiger partial charge in [-0.05, 0) is 30.1 Å². The summed E-state index contributed by atoms with van der Waals surface area (Å²) >= 11 is 3.25. The van der Waals surface area contributed by atoms with Gasteiger partial charge >= 0.3 is 0 Å². The molecule has 0 bridgehead atoms. The summed E-state index contributed by atoms with van der Waals surface area (Å²) in [5.41, 5.74) is 7.01. The third kappa shape index (κ3) is 3.54. The number of nitrogens with zero attached hydrogens (tertiary/aromatic N) is 2. The summed E-state index contributed by atoms with van der Waals surface area (Å²) in [6.07, 6.45) is 1.85. The molecule has 1 aromatic carbocycles. The van der Waals surface area contributed by atoms with E-state index in [9.17, 15) is 0 Å². The molecule has 1 heterocycles. The third-order valence-corrected chi connectivity index (χ3v) is 4.76. The normalized spacial score (nSPS) is 12.6. The summed E-state index contributed by atoms with van der Waals surface area (Å²) in [4.78, 5) is 4.51. The van der Waals surface area contributed by atoms with Gasteiger partial charge in [0.05, 0.1) is 0 Å². The Bertz CT molecular complexity index is 470. The second-order valence-corrected chi connectivity index (χ2v) is 6.13. The fourth-order valence-electron chi connectivity index (χ4n) is 1.66. The second-order valence-electron chi connectivity index (χ2n) is 3.92. The molecule has 5 heteroatoms. The predicted molar refractivity (Wildman–Crippen MR) is 78.0 cm³/mol. The average Bonchev–Trinajstić information content (AvgIpc) is 2.87. The van der Waals surface area contributed by atoms with Crippen molar-refractivity contribution in [2.24, 2.45) is 5.73 Å². The van der Waals surface area contributed by atoms with E-state index in [0.717, 1.165) is 23.0 Å². The third-order valence-electron chi connectivity index (χ3n) is 2.61. The Morgan fingerprint density at radius 1 is 1.33 bits per heavy atom. The van der Waals surface area contributed by atoms with E-state index in [1.54, 1.807) is 11.8 Å². The van der Waals surface area contributed by atoms with Gasteiger partial charge in [-0.3, -0.25) is 0 Å². The van der Waals surface area contributed by atoms with Crippen molar-refractivity contribution >= 4 is 23.3 Å². The van der Waals surface area contributed by atoms with Crippen LogP contribution in [0.15, 0.2) is 34.7 Å². The fraction of sp³-hybridized carbons (Fsp3) is 0.385.